The van der Waals surface area contributed by atoms with Gasteiger partial charge in [-0.25, -0.2) is 4.39 Å². The molecule has 0 aliphatic heterocycles. The Morgan fingerprint density at radius 1 is 1.18 bits per heavy atom. The molecule has 4 nitrogen and oxygen atoms in total. The Hall–Kier alpha value is -2.27. The van der Waals surface area contributed by atoms with Gasteiger partial charge in [0.05, 0.1) is 7.11 Å². The lowest BCUT2D eigenvalue weighted by molar-refractivity contribution is 0.113. The zero-order valence-corrected chi connectivity index (χ0v) is 12.7. The van der Waals surface area contributed by atoms with Crippen LogP contribution in [-0.2, 0) is 0 Å². The van der Waals surface area contributed by atoms with Crippen LogP contribution in [0.15, 0.2) is 48.5 Å². The Morgan fingerprint density at radius 2 is 1.91 bits per heavy atom. The molecule has 0 aliphatic carbocycles. The second-order valence-corrected chi connectivity index (χ2v) is 4.98. The van der Waals surface area contributed by atoms with E-state index in [4.69, 9.17) is 9.47 Å². The number of para-hydroxylation sites is 1. The van der Waals surface area contributed by atoms with Crippen LogP contribution in [0.1, 0.15) is 0 Å². The summed E-state index contributed by atoms with van der Waals surface area (Å²) in [5, 5.41) is 10.0. The molecule has 0 fully saturated rings. The molecule has 0 amide bonds. The lowest BCUT2D eigenvalue weighted by Gasteiger charge is -2.23. The van der Waals surface area contributed by atoms with Crippen molar-refractivity contribution in [3.05, 3.63) is 54.3 Å². The number of aliphatic hydroxyl groups is 1. The predicted octanol–water partition coefficient (Wildman–Crippen LogP) is 2.71. The lowest BCUT2D eigenvalue weighted by Crippen LogP contribution is -2.33. The quantitative estimate of drug-likeness (QED) is 0.854. The fourth-order valence-corrected chi connectivity index (χ4v) is 2.08. The molecule has 0 saturated heterocycles. The number of benzene rings is 2. The molecule has 2 rings (SSSR count). The number of rotatable bonds is 7. The van der Waals surface area contributed by atoms with E-state index in [9.17, 15) is 9.50 Å². The Bertz CT molecular complexity index is 592. The van der Waals surface area contributed by atoms with Gasteiger partial charge in [-0.1, -0.05) is 18.2 Å². The minimum absolute atomic E-state index is 0.174. The number of nitrogens with zero attached hydrogens (tertiary/aromatic N) is 1. The summed E-state index contributed by atoms with van der Waals surface area (Å²) >= 11 is 0. The van der Waals surface area contributed by atoms with Crippen molar-refractivity contribution >= 4 is 5.69 Å². The van der Waals surface area contributed by atoms with Gasteiger partial charge in [0.2, 0.25) is 0 Å². The summed E-state index contributed by atoms with van der Waals surface area (Å²) in [5.41, 5.74) is 0.664. The van der Waals surface area contributed by atoms with Crippen molar-refractivity contribution in [2.24, 2.45) is 0 Å². The molecule has 2 aromatic rings. The minimum Gasteiger partial charge on any atom is -0.494 e. The monoisotopic (exact) mass is 305 g/mol. The van der Waals surface area contributed by atoms with E-state index < -0.39 is 11.9 Å². The van der Waals surface area contributed by atoms with Crippen molar-refractivity contribution in [2.75, 3.05) is 32.2 Å². The van der Waals surface area contributed by atoms with Gasteiger partial charge in [-0.2, -0.15) is 0 Å². The SMILES string of the molecule is COc1ccc(N(C)CC(O)COc2ccccc2)cc1F. The molecule has 1 unspecified atom stereocenters. The largest absolute Gasteiger partial charge is 0.494 e. The molecule has 1 atom stereocenters. The van der Waals surface area contributed by atoms with Crippen LogP contribution in [0.5, 0.6) is 11.5 Å². The third-order valence-corrected chi connectivity index (χ3v) is 3.25. The number of ether oxygens (including phenoxy) is 2. The van der Waals surface area contributed by atoms with Gasteiger partial charge in [0.1, 0.15) is 18.5 Å². The third-order valence-electron chi connectivity index (χ3n) is 3.25. The standard InChI is InChI=1S/C17H20FNO3/c1-19(13-8-9-17(21-2)16(18)10-13)11-14(20)12-22-15-6-4-3-5-7-15/h3-10,14,20H,11-12H2,1-2H3. The van der Waals surface area contributed by atoms with Crippen LogP contribution < -0.4 is 14.4 Å². The molecule has 0 radical (unpaired) electrons. The summed E-state index contributed by atoms with van der Waals surface area (Å²) in [6.45, 7) is 0.506. The maximum atomic E-state index is 13.7. The van der Waals surface area contributed by atoms with Crippen LogP contribution in [0, 0.1) is 5.82 Å². The van der Waals surface area contributed by atoms with Gasteiger partial charge < -0.3 is 19.5 Å². The van der Waals surface area contributed by atoms with Crippen LogP contribution in [0.25, 0.3) is 0 Å². The summed E-state index contributed by atoms with van der Waals surface area (Å²) in [6, 6.07) is 14.0. The van der Waals surface area contributed by atoms with Gasteiger partial charge in [0.25, 0.3) is 0 Å². The predicted molar refractivity (Wildman–Crippen MR) is 84.2 cm³/mol. The van der Waals surface area contributed by atoms with Gasteiger partial charge in [-0.3, -0.25) is 0 Å². The first kappa shape index (κ1) is 16.1. The van der Waals surface area contributed by atoms with Gasteiger partial charge in [0.15, 0.2) is 11.6 Å². The van der Waals surface area contributed by atoms with Crippen LogP contribution in [0.2, 0.25) is 0 Å². The van der Waals surface area contributed by atoms with Gasteiger partial charge in [0, 0.05) is 25.3 Å². The zero-order valence-electron chi connectivity index (χ0n) is 12.7. The van der Waals surface area contributed by atoms with E-state index in [-0.39, 0.29) is 12.4 Å². The first-order valence-corrected chi connectivity index (χ1v) is 7.00. The van der Waals surface area contributed by atoms with E-state index in [1.807, 2.05) is 30.3 Å². The van der Waals surface area contributed by atoms with Gasteiger partial charge in [-0.05, 0) is 24.3 Å². The molecule has 0 spiro atoms. The summed E-state index contributed by atoms with van der Waals surface area (Å²) in [6.07, 6.45) is -0.685. The molecular weight excluding hydrogens is 285 g/mol. The molecule has 0 aliphatic rings. The second kappa shape index (κ2) is 7.66. The smallest absolute Gasteiger partial charge is 0.167 e. The van der Waals surface area contributed by atoms with Crippen molar-refractivity contribution in [1.82, 2.24) is 0 Å². The van der Waals surface area contributed by atoms with Crippen LogP contribution in [-0.4, -0.2) is 38.5 Å². The molecule has 22 heavy (non-hydrogen) atoms. The molecule has 0 bridgehead atoms. The Labute approximate surface area is 129 Å². The molecule has 0 saturated carbocycles. The Kier molecular flexibility index (Phi) is 5.61. The van der Waals surface area contributed by atoms with Gasteiger partial charge in [-0.15, -0.1) is 0 Å². The van der Waals surface area contributed by atoms with E-state index in [1.165, 1.54) is 13.2 Å². The number of hydrogen-bond acceptors (Lipinski definition) is 4. The summed E-state index contributed by atoms with van der Waals surface area (Å²) < 4.78 is 24.1. The summed E-state index contributed by atoms with van der Waals surface area (Å²) in [5.74, 6) is 0.478. The van der Waals surface area contributed by atoms with Crippen LogP contribution in [0.4, 0.5) is 10.1 Å². The van der Waals surface area contributed by atoms with Gasteiger partial charge >= 0.3 is 0 Å². The fourth-order valence-electron chi connectivity index (χ4n) is 2.08. The average Bonchev–Trinajstić information content (AvgIpc) is 2.53. The Morgan fingerprint density at radius 3 is 2.55 bits per heavy atom. The van der Waals surface area contributed by atoms with Crippen molar-refractivity contribution in [3.63, 3.8) is 0 Å². The molecule has 5 heteroatoms. The van der Waals surface area contributed by atoms with Crippen molar-refractivity contribution in [1.29, 1.82) is 0 Å². The first-order valence-electron chi connectivity index (χ1n) is 7.00. The number of halogens is 1. The highest BCUT2D eigenvalue weighted by Gasteiger charge is 2.12. The maximum Gasteiger partial charge on any atom is 0.167 e. The lowest BCUT2D eigenvalue weighted by atomic mass is 10.2. The second-order valence-electron chi connectivity index (χ2n) is 4.98. The van der Waals surface area contributed by atoms with Crippen LogP contribution in [0.3, 0.4) is 0 Å². The zero-order chi connectivity index (χ0) is 15.9. The summed E-state index contributed by atoms with van der Waals surface area (Å²) in [4.78, 5) is 1.77. The van der Waals surface area contributed by atoms with Crippen molar-refractivity contribution < 1.29 is 19.0 Å². The fraction of sp³-hybridized carbons (Fsp3) is 0.294. The number of methoxy groups -OCH3 is 1. The normalized spacial score (nSPS) is 11.8. The first-order chi connectivity index (χ1) is 10.6. The van der Waals surface area contributed by atoms with E-state index in [1.54, 1.807) is 24.1 Å². The molecule has 118 valence electrons. The number of likely N-dealkylation sites (N-methyl/N-ethyl adjacent to an activating group) is 1. The molecule has 2 aromatic carbocycles. The van der Waals surface area contributed by atoms with Crippen molar-refractivity contribution in [2.45, 2.75) is 6.10 Å². The number of anilines is 1. The van der Waals surface area contributed by atoms with Crippen LogP contribution >= 0.6 is 0 Å². The molecular formula is C17H20FNO3. The van der Waals surface area contributed by atoms with E-state index in [0.717, 1.165) is 0 Å². The molecule has 1 N–H and O–H groups in total. The average molecular weight is 305 g/mol. The summed E-state index contributed by atoms with van der Waals surface area (Å²) in [7, 11) is 3.21. The highest BCUT2D eigenvalue weighted by Crippen LogP contribution is 2.22. The minimum atomic E-state index is -0.685. The molecule has 0 aromatic heterocycles. The van der Waals surface area contributed by atoms with E-state index in [0.29, 0.717) is 18.0 Å². The number of hydrogen-bond donors (Lipinski definition) is 1. The van der Waals surface area contributed by atoms with E-state index in [2.05, 4.69) is 0 Å². The van der Waals surface area contributed by atoms with Crippen molar-refractivity contribution in [3.8, 4) is 11.5 Å². The van der Waals surface area contributed by atoms with E-state index >= 15 is 0 Å². The highest BCUT2D eigenvalue weighted by molar-refractivity contribution is 5.49. The maximum absolute atomic E-state index is 13.7. The highest BCUT2D eigenvalue weighted by atomic mass is 19.1. The molecule has 0 heterocycles. The number of aliphatic hydroxyl groups excluding tert-OH is 1. The third kappa shape index (κ3) is 4.36. The topological polar surface area (TPSA) is 41.9 Å². The Balaban J connectivity index is 1.88.